The molecule has 0 amide bonds. The Labute approximate surface area is 68.2 Å². The SMILES string of the molecule is CCOC(=N)C(CC)OCC. The van der Waals surface area contributed by atoms with Crippen LogP contribution in [0.15, 0.2) is 0 Å². The summed E-state index contributed by atoms with van der Waals surface area (Å²) in [5.74, 6) is 0.247. The van der Waals surface area contributed by atoms with E-state index in [0.717, 1.165) is 6.42 Å². The molecule has 0 aliphatic rings. The van der Waals surface area contributed by atoms with E-state index in [9.17, 15) is 0 Å². The molecule has 1 N–H and O–H groups in total. The van der Waals surface area contributed by atoms with Crippen molar-refractivity contribution in [1.29, 1.82) is 5.41 Å². The van der Waals surface area contributed by atoms with Crippen molar-refractivity contribution in [3.63, 3.8) is 0 Å². The van der Waals surface area contributed by atoms with Crippen LogP contribution in [0.5, 0.6) is 0 Å². The van der Waals surface area contributed by atoms with Gasteiger partial charge in [0.15, 0.2) is 0 Å². The van der Waals surface area contributed by atoms with Crippen molar-refractivity contribution in [2.75, 3.05) is 13.2 Å². The highest BCUT2D eigenvalue weighted by Crippen LogP contribution is 2.00. The lowest BCUT2D eigenvalue weighted by Gasteiger charge is -2.15. The van der Waals surface area contributed by atoms with E-state index in [1.54, 1.807) is 0 Å². The van der Waals surface area contributed by atoms with Gasteiger partial charge in [-0.3, -0.25) is 5.41 Å². The highest BCUT2D eigenvalue weighted by Gasteiger charge is 2.12. The average molecular weight is 159 g/mol. The van der Waals surface area contributed by atoms with Crippen LogP contribution < -0.4 is 0 Å². The maximum absolute atomic E-state index is 7.40. The van der Waals surface area contributed by atoms with Crippen molar-refractivity contribution in [2.45, 2.75) is 33.3 Å². The maximum Gasteiger partial charge on any atom is 0.210 e. The number of hydrogen-bond acceptors (Lipinski definition) is 3. The molecule has 11 heavy (non-hydrogen) atoms. The Morgan fingerprint density at radius 2 is 1.91 bits per heavy atom. The molecule has 3 nitrogen and oxygen atoms in total. The summed E-state index contributed by atoms with van der Waals surface area (Å²) < 4.78 is 10.3. The fourth-order valence-corrected chi connectivity index (χ4v) is 0.829. The molecule has 0 aromatic carbocycles. The summed E-state index contributed by atoms with van der Waals surface area (Å²) in [5.41, 5.74) is 0. The van der Waals surface area contributed by atoms with Crippen LogP contribution in [-0.2, 0) is 9.47 Å². The van der Waals surface area contributed by atoms with Gasteiger partial charge in [-0.2, -0.15) is 0 Å². The van der Waals surface area contributed by atoms with Crippen LogP contribution in [0.2, 0.25) is 0 Å². The van der Waals surface area contributed by atoms with Crippen molar-refractivity contribution in [3.05, 3.63) is 0 Å². The minimum absolute atomic E-state index is 0.153. The molecule has 0 aliphatic carbocycles. The lowest BCUT2D eigenvalue weighted by atomic mass is 10.3. The van der Waals surface area contributed by atoms with Crippen LogP contribution in [0, 0.1) is 5.41 Å². The molecule has 0 aromatic rings. The summed E-state index contributed by atoms with van der Waals surface area (Å²) in [4.78, 5) is 0. The first kappa shape index (κ1) is 10.4. The molecule has 0 fully saturated rings. The first-order chi connectivity index (χ1) is 5.26. The van der Waals surface area contributed by atoms with Crippen LogP contribution >= 0.6 is 0 Å². The van der Waals surface area contributed by atoms with Crippen molar-refractivity contribution < 1.29 is 9.47 Å². The van der Waals surface area contributed by atoms with E-state index in [0.29, 0.717) is 13.2 Å². The smallest absolute Gasteiger partial charge is 0.210 e. The van der Waals surface area contributed by atoms with Gasteiger partial charge in [-0.15, -0.1) is 0 Å². The van der Waals surface area contributed by atoms with E-state index < -0.39 is 0 Å². The standard InChI is InChI=1S/C8H17NO2/c1-4-7(10-5-2)8(9)11-6-3/h7,9H,4-6H2,1-3H3. The molecule has 1 unspecified atom stereocenters. The molecule has 0 aromatic heterocycles. The van der Waals surface area contributed by atoms with E-state index in [1.165, 1.54) is 0 Å². The monoisotopic (exact) mass is 159 g/mol. The predicted molar refractivity (Wildman–Crippen MR) is 45.1 cm³/mol. The fourth-order valence-electron chi connectivity index (χ4n) is 0.829. The van der Waals surface area contributed by atoms with Crippen LogP contribution in [0.3, 0.4) is 0 Å². The maximum atomic E-state index is 7.40. The average Bonchev–Trinajstić information content (AvgIpc) is 2.00. The van der Waals surface area contributed by atoms with Gasteiger partial charge >= 0.3 is 0 Å². The number of nitrogens with one attached hydrogen (secondary N) is 1. The second kappa shape index (κ2) is 6.16. The van der Waals surface area contributed by atoms with Crippen molar-refractivity contribution in [1.82, 2.24) is 0 Å². The number of rotatable bonds is 5. The molecular weight excluding hydrogens is 142 g/mol. The second-order valence-electron chi connectivity index (χ2n) is 2.15. The summed E-state index contributed by atoms with van der Waals surface area (Å²) in [6, 6.07) is 0. The van der Waals surface area contributed by atoms with Crippen LogP contribution in [0.1, 0.15) is 27.2 Å². The molecule has 0 heterocycles. The van der Waals surface area contributed by atoms with Gasteiger partial charge in [0, 0.05) is 6.61 Å². The third-order valence-electron chi connectivity index (χ3n) is 1.33. The van der Waals surface area contributed by atoms with Gasteiger partial charge in [0.2, 0.25) is 5.90 Å². The van der Waals surface area contributed by atoms with Gasteiger partial charge in [0.25, 0.3) is 0 Å². The molecule has 0 spiro atoms. The van der Waals surface area contributed by atoms with Gasteiger partial charge in [-0.25, -0.2) is 0 Å². The van der Waals surface area contributed by atoms with Gasteiger partial charge in [-0.1, -0.05) is 6.92 Å². The third-order valence-corrected chi connectivity index (χ3v) is 1.33. The van der Waals surface area contributed by atoms with E-state index in [2.05, 4.69) is 0 Å². The van der Waals surface area contributed by atoms with E-state index in [4.69, 9.17) is 14.9 Å². The molecule has 0 radical (unpaired) electrons. The predicted octanol–water partition coefficient (Wildman–Crippen LogP) is 1.82. The Morgan fingerprint density at radius 1 is 1.27 bits per heavy atom. The first-order valence-corrected chi connectivity index (χ1v) is 4.09. The lowest BCUT2D eigenvalue weighted by molar-refractivity contribution is 0.0850. The molecule has 0 rings (SSSR count). The molecule has 0 saturated heterocycles. The van der Waals surface area contributed by atoms with Gasteiger partial charge in [-0.05, 0) is 20.3 Å². The Hall–Kier alpha value is -0.570. The van der Waals surface area contributed by atoms with Crippen molar-refractivity contribution in [3.8, 4) is 0 Å². The molecule has 66 valence electrons. The molecule has 0 saturated carbocycles. The van der Waals surface area contributed by atoms with Crippen LogP contribution in [0.4, 0.5) is 0 Å². The van der Waals surface area contributed by atoms with Gasteiger partial charge < -0.3 is 9.47 Å². The third kappa shape index (κ3) is 3.98. The Kier molecular flexibility index (Phi) is 5.84. The summed E-state index contributed by atoms with van der Waals surface area (Å²) in [7, 11) is 0. The van der Waals surface area contributed by atoms with E-state index in [-0.39, 0.29) is 12.0 Å². The second-order valence-corrected chi connectivity index (χ2v) is 2.15. The minimum atomic E-state index is -0.153. The lowest BCUT2D eigenvalue weighted by Crippen LogP contribution is -2.25. The molecule has 0 aliphatic heterocycles. The summed E-state index contributed by atoms with van der Waals surface area (Å²) in [6.07, 6.45) is 0.645. The number of ether oxygens (including phenoxy) is 2. The van der Waals surface area contributed by atoms with Gasteiger partial charge in [0.05, 0.1) is 6.61 Å². The minimum Gasteiger partial charge on any atom is -0.480 e. The summed E-state index contributed by atoms with van der Waals surface area (Å²) in [5, 5.41) is 7.40. The van der Waals surface area contributed by atoms with Crippen LogP contribution in [-0.4, -0.2) is 25.2 Å². The Bertz CT molecular complexity index is 115. The largest absolute Gasteiger partial charge is 0.480 e. The molecule has 3 heteroatoms. The normalized spacial score (nSPS) is 12.6. The highest BCUT2D eigenvalue weighted by atomic mass is 16.5. The van der Waals surface area contributed by atoms with Crippen molar-refractivity contribution >= 4 is 5.90 Å². The molecule has 1 atom stereocenters. The Morgan fingerprint density at radius 3 is 2.27 bits per heavy atom. The van der Waals surface area contributed by atoms with Crippen molar-refractivity contribution in [2.24, 2.45) is 0 Å². The van der Waals surface area contributed by atoms with Crippen LogP contribution in [0.25, 0.3) is 0 Å². The zero-order valence-electron chi connectivity index (χ0n) is 7.52. The van der Waals surface area contributed by atoms with Gasteiger partial charge in [0.1, 0.15) is 6.10 Å². The van der Waals surface area contributed by atoms with E-state index >= 15 is 0 Å². The molecular formula is C8H17NO2. The highest BCUT2D eigenvalue weighted by molar-refractivity contribution is 5.77. The topological polar surface area (TPSA) is 42.3 Å². The first-order valence-electron chi connectivity index (χ1n) is 4.09. The Balaban J connectivity index is 3.71. The fraction of sp³-hybridized carbons (Fsp3) is 0.875. The molecule has 0 bridgehead atoms. The number of hydrogen-bond donors (Lipinski definition) is 1. The zero-order valence-corrected chi connectivity index (χ0v) is 7.52. The quantitative estimate of drug-likeness (QED) is 0.491. The summed E-state index contributed by atoms with van der Waals surface area (Å²) in [6.45, 7) is 6.94. The zero-order chi connectivity index (χ0) is 8.69. The summed E-state index contributed by atoms with van der Waals surface area (Å²) >= 11 is 0. The van der Waals surface area contributed by atoms with E-state index in [1.807, 2.05) is 20.8 Å².